The van der Waals surface area contributed by atoms with Gasteiger partial charge in [0.25, 0.3) is 0 Å². The van der Waals surface area contributed by atoms with E-state index in [0.29, 0.717) is 0 Å². The number of aromatic hydroxyl groups is 1. The van der Waals surface area contributed by atoms with E-state index in [4.69, 9.17) is 9.47 Å². The maximum absolute atomic E-state index is 13.4. The van der Waals surface area contributed by atoms with Crippen LogP contribution in [0.3, 0.4) is 0 Å². The number of phenolic OH excluding ortho intramolecular Hbond substituents is 1. The summed E-state index contributed by atoms with van der Waals surface area (Å²) in [5.74, 6) is -16.8. The Morgan fingerprint density at radius 2 is 1.60 bits per heavy atom. The van der Waals surface area contributed by atoms with E-state index in [2.05, 4.69) is 4.74 Å². The standard InChI is InChI=1S/C20H14F8O7/c1-18(21,22)17(32)35-14-6-2-5-12(16(31)34-13(5)14)11(6)15(30)33-10-4-7(19(23,24)25)9(29)3-8(10)20(26,27)28/h3-6,11-14,29H,2H2,1H3. The van der Waals surface area contributed by atoms with Gasteiger partial charge >= 0.3 is 36.2 Å². The molecule has 15 heteroatoms. The Balaban J connectivity index is 1.67. The smallest absolute Gasteiger partial charge is 0.420 e. The van der Waals surface area contributed by atoms with Crippen molar-refractivity contribution < 1.29 is 68.8 Å². The molecule has 6 atom stereocenters. The molecule has 0 radical (unpaired) electrons. The number of hydrogen-bond donors (Lipinski definition) is 1. The van der Waals surface area contributed by atoms with E-state index >= 15 is 0 Å². The lowest BCUT2D eigenvalue weighted by Crippen LogP contribution is -2.46. The highest BCUT2D eigenvalue weighted by molar-refractivity contribution is 5.87. The molecule has 192 valence electrons. The zero-order chi connectivity index (χ0) is 26.2. The summed E-state index contributed by atoms with van der Waals surface area (Å²) < 4.78 is 120. The molecule has 2 saturated carbocycles. The van der Waals surface area contributed by atoms with Gasteiger partial charge in [-0.05, 0) is 18.6 Å². The Hall–Kier alpha value is -3.13. The van der Waals surface area contributed by atoms with E-state index in [9.17, 15) is 54.6 Å². The molecule has 1 aliphatic heterocycles. The SMILES string of the molecule is CC(F)(F)C(=O)OC1C2CC3C1OC(=O)C3C2C(=O)Oc1cc(C(F)(F)F)c(O)cc1C(F)(F)F. The van der Waals surface area contributed by atoms with Gasteiger partial charge in [0.1, 0.15) is 34.8 Å². The molecule has 2 aliphatic carbocycles. The molecular weight excluding hydrogens is 504 g/mol. The summed E-state index contributed by atoms with van der Waals surface area (Å²) >= 11 is 0. The van der Waals surface area contributed by atoms with Gasteiger partial charge in [-0.1, -0.05) is 0 Å². The number of ether oxygens (including phenoxy) is 3. The third-order valence-electron chi connectivity index (χ3n) is 6.34. The summed E-state index contributed by atoms with van der Waals surface area (Å²) in [5.41, 5.74) is -3.82. The molecule has 1 heterocycles. The van der Waals surface area contributed by atoms with E-state index in [1.54, 1.807) is 0 Å². The quantitative estimate of drug-likeness (QED) is 0.369. The molecule has 1 saturated heterocycles. The molecule has 0 aromatic heterocycles. The van der Waals surface area contributed by atoms with E-state index in [1.807, 2.05) is 0 Å². The van der Waals surface area contributed by atoms with Crippen LogP contribution in [0, 0.1) is 23.7 Å². The van der Waals surface area contributed by atoms with Crippen molar-refractivity contribution in [3.63, 3.8) is 0 Å². The van der Waals surface area contributed by atoms with E-state index in [1.165, 1.54) is 0 Å². The molecule has 1 aromatic carbocycles. The van der Waals surface area contributed by atoms with E-state index < -0.39 is 94.7 Å². The molecule has 1 N–H and O–H groups in total. The molecule has 2 bridgehead atoms. The lowest BCUT2D eigenvalue weighted by atomic mass is 9.78. The van der Waals surface area contributed by atoms with Crippen LogP contribution in [0.2, 0.25) is 0 Å². The Morgan fingerprint density at radius 1 is 1.00 bits per heavy atom. The van der Waals surface area contributed by atoms with Crippen molar-refractivity contribution in [1.82, 2.24) is 0 Å². The number of phenols is 1. The predicted octanol–water partition coefficient (Wildman–Crippen LogP) is 3.71. The molecule has 1 aromatic rings. The Kier molecular flexibility index (Phi) is 5.48. The second-order valence-electron chi connectivity index (χ2n) is 8.56. The molecule has 0 spiro atoms. The molecule has 6 unspecified atom stereocenters. The van der Waals surface area contributed by atoms with Gasteiger partial charge in [-0.25, -0.2) is 4.79 Å². The minimum atomic E-state index is -5.35. The predicted molar refractivity (Wildman–Crippen MR) is 92.7 cm³/mol. The van der Waals surface area contributed by atoms with Gasteiger partial charge in [-0.15, -0.1) is 0 Å². The molecule has 3 aliphatic rings. The number of carbonyl (C=O) groups excluding carboxylic acids is 3. The average Bonchev–Trinajstić information content (AvgIpc) is 3.30. The number of halogens is 8. The maximum Gasteiger partial charge on any atom is 0.420 e. The lowest BCUT2D eigenvalue weighted by Gasteiger charge is -2.31. The summed E-state index contributed by atoms with van der Waals surface area (Å²) in [6, 6.07) is -0.478. The fourth-order valence-electron chi connectivity index (χ4n) is 4.97. The largest absolute Gasteiger partial charge is 0.507 e. The number of esters is 3. The molecule has 7 nitrogen and oxygen atoms in total. The minimum Gasteiger partial charge on any atom is -0.507 e. The normalized spacial score (nSPS) is 29.8. The maximum atomic E-state index is 13.4. The third kappa shape index (κ3) is 4.14. The van der Waals surface area contributed by atoms with Crippen LogP contribution < -0.4 is 4.74 Å². The van der Waals surface area contributed by atoms with Crippen molar-refractivity contribution in [2.75, 3.05) is 0 Å². The van der Waals surface area contributed by atoms with E-state index in [-0.39, 0.29) is 25.5 Å². The summed E-state index contributed by atoms with van der Waals surface area (Å²) in [4.78, 5) is 36.8. The topological polar surface area (TPSA) is 99.1 Å². The van der Waals surface area contributed by atoms with Crippen molar-refractivity contribution in [3.8, 4) is 11.5 Å². The van der Waals surface area contributed by atoms with Gasteiger partial charge in [0, 0.05) is 18.8 Å². The van der Waals surface area contributed by atoms with Crippen LogP contribution in [-0.2, 0) is 36.2 Å². The molecule has 35 heavy (non-hydrogen) atoms. The summed E-state index contributed by atoms with van der Waals surface area (Å²) in [5, 5.41) is 9.42. The number of alkyl halides is 8. The second-order valence-corrected chi connectivity index (χ2v) is 8.56. The highest BCUT2D eigenvalue weighted by atomic mass is 19.4. The second kappa shape index (κ2) is 7.68. The summed E-state index contributed by atoms with van der Waals surface area (Å²) in [6.45, 7) is 0.236. The molecular formula is C20H14F8O7. The molecule has 3 fully saturated rings. The van der Waals surface area contributed by atoms with Crippen molar-refractivity contribution >= 4 is 17.9 Å². The minimum absolute atomic E-state index is 0.0659. The number of benzene rings is 1. The third-order valence-corrected chi connectivity index (χ3v) is 6.34. The fourth-order valence-corrected chi connectivity index (χ4v) is 4.97. The first-order chi connectivity index (χ1) is 15.9. The first kappa shape index (κ1) is 25.0. The van der Waals surface area contributed by atoms with Crippen LogP contribution in [0.4, 0.5) is 35.1 Å². The molecule has 0 amide bonds. The van der Waals surface area contributed by atoms with Gasteiger partial charge in [0.05, 0.1) is 11.8 Å². The Labute approximate surface area is 189 Å². The zero-order valence-electron chi connectivity index (χ0n) is 17.2. The van der Waals surface area contributed by atoms with Crippen LogP contribution in [0.1, 0.15) is 24.5 Å². The number of hydrogen-bond acceptors (Lipinski definition) is 7. The van der Waals surface area contributed by atoms with Gasteiger partial charge in [0.15, 0.2) is 0 Å². The van der Waals surface area contributed by atoms with Crippen LogP contribution in [0.25, 0.3) is 0 Å². The summed E-state index contributed by atoms with van der Waals surface area (Å²) in [6.07, 6.45) is -13.4. The van der Waals surface area contributed by atoms with Crippen LogP contribution >= 0.6 is 0 Å². The Morgan fingerprint density at radius 3 is 2.14 bits per heavy atom. The zero-order valence-corrected chi connectivity index (χ0v) is 17.2. The van der Waals surface area contributed by atoms with Gasteiger partial charge < -0.3 is 19.3 Å². The monoisotopic (exact) mass is 518 g/mol. The highest BCUT2D eigenvalue weighted by Crippen LogP contribution is 2.59. The number of fused-ring (bicyclic) bond motifs is 1. The van der Waals surface area contributed by atoms with Crippen molar-refractivity contribution in [1.29, 1.82) is 0 Å². The number of carbonyl (C=O) groups is 3. The first-order valence-electron chi connectivity index (χ1n) is 9.93. The number of rotatable bonds is 4. The fraction of sp³-hybridized carbons (Fsp3) is 0.550. The van der Waals surface area contributed by atoms with Crippen molar-refractivity contribution in [2.24, 2.45) is 23.7 Å². The van der Waals surface area contributed by atoms with Gasteiger partial charge in [0.2, 0.25) is 0 Å². The molecule has 4 rings (SSSR count). The highest BCUT2D eigenvalue weighted by Gasteiger charge is 2.70. The van der Waals surface area contributed by atoms with Crippen LogP contribution in [0.15, 0.2) is 12.1 Å². The van der Waals surface area contributed by atoms with Gasteiger partial charge in [-0.3, -0.25) is 9.59 Å². The van der Waals surface area contributed by atoms with Gasteiger partial charge in [-0.2, -0.15) is 35.1 Å². The lowest BCUT2D eigenvalue weighted by molar-refractivity contribution is -0.185. The van der Waals surface area contributed by atoms with Crippen molar-refractivity contribution in [3.05, 3.63) is 23.3 Å². The van der Waals surface area contributed by atoms with Crippen molar-refractivity contribution in [2.45, 2.75) is 43.8 Å². The first-order valence-corrected chi connectivity index (χ1v) is 9.93. The summed E-state index contributed by atoms with van der Waals surface area (Å²) in [7, 11) is 0. The van der Waals surface area contributed by atoms with Crippen LogP contribution in [0.5, 0.6) is 11.5 Å². The average molecular weight is 518 g/mol. The Bertz CT molecular complexity index is 1090. The van der Waals surface area contributed by atoms with E-state index in [0.717, 1.165) is 0 Å². The van der Waals surface area contributed by atoms with Crippen LogP contribution in [-0.4, -0.2) is 41.1 Å².